The average molecular weight is 384 g/mol. The van der Waals surface area contributed by atoms with Crippen molar-refractivity contribution in [3.05, 3.63) is 107 Å². The Morgan fingerprint density at radius 3 is 2.34 bits per heavy atom. The minimum absolute atomic E-state index is 0.294. The van der Waals surface area contributed by atoms with E-state index in [0.717, 1.165) is 33.2 Å². The van der Waals surface area contributed by atoms with Crippen LogP contribution in [0.3, 0.4) is 0 Å². The molecule has 0 aliphatic carbocycles. The average Bonchev–Trinajstić information content (AvgIpc) is 3.05. The van der Waals surface area contributed by atoms with Gasteiger partial charge in [-0.25, -0.2) is 8.78 Å². The maximum absolute atomic E-state index is 13.9. The first-order chi connectivity index (χ1) is 14.0. The van der Waals surface area contributed by atoms with Gasteiger partial charge in [0, 0.05) is 23.7 Å². The van der Waals surface area contributed by atoms with Crippen molar-refractivity contribution < 1.29 is 8.78 Å². The minimum atomic E-state index is -0.328. The number of halogens is 2. The first kappa shape index (κ1) is 18.6. The molecule has 4 rings (SSSR count). The Hall–Kier alpha value is -3.71. The molecule has 0 radical (unpaired) electrons. The molecule has 0 atom stereocenters. The normalized spacial score (nSPS) is 11.6. The summed E-state index contributed by atoms with van der Waals surface area (Å²) in [7, 11) is 0. The first-order valence-corrected chi connectivity index (χ1v) is 9.25. The molecule has 4 aromatic rings. The van der Waals surface area contributed by atoms with Gasteiger partial charge in [0.25, 0.3) is 0 Å². The van der Waals surface area contributed by atoms with Gasteiger partial charge in [-0.1, -0.05) is 42.0 Å². The lowest BCUT2D eigenvalue weighted by Gasteiger charge is -2.05. The maximum Gasteiger partial charge on any atom is 0.125 e. The Kier molecular flexibility index (Phi) is 4.97. The van der Waals surface area contributed by atoms with E-state index < -0.39 is 0 Å². The van der Waals surface area contributed by atoms with Gasteiger partial charge in [-0.15, -0.1) is 0 Å². The van der Waals surface area contributed by atoms with Crippen LogP contribution in [-0.2, 0) is 6.54 Å². The van der Waals surface area contributed by atoms with E-state index in [9.17, 15) is 14.0 Å². The molecule has 4 heteroatoms. The monoisotopic (exact) mass is 384 g/mol. The molecule has 3 aromatic carbocycles. The number of aryl methyl sites for hydroxylation is 1. The second kappa shape index (κ2) is 7.73. The standard InChI is InChI=1S/C25H18F2N2/c1-17-2-6-19(7-3-17)20(14-28)12-21-16-29(15-18-4-8-22(26)9-5-18)25-13-23(27)10-11-24(21)25/h2-13,16H,15H2,1H3/b20-12+. The Balaban J connectivity index is 1.81. The van der Waals surface area contributed by atoms with Crippen molar-refractivity contribution >= 4 is 22.6 Å². The molecule has 0 saturated heterocycles. The summed E-state index contributed by atoms with van der Waals surface area (Å²) in [6, 6.07) is 20.9. The summed E-state index contributed by atoms with van der Waals surface area (Å²) >= 11 is 0. The van der Waals surface area contributed by atoms with Crippen molar-refractivity contribution in [1.29, 1.82) is 5.26 Å². The van der Waals surface area contributed by atoms with E-state index in [2.05, 4.69) is 6.07 Å². The minimum Gasteiger partial charge on any atom is -0.342 e. The van der Waals surface area contributed by atoms with Gasteiger partial charge in [-0.3, -0.25) is 0 Å². The zero-order valence-corrected chi connectivity index (χ0v) is 15.9. The Bertz CT molecular complexity index is 1240. The van der Waals surface area contributed by atoms with Gasteiger partial charge in [-0.2, -0.15) is 5.26 Å². The van der Waals surface area contributed by atoms with Crippen LogP contribution in [0.5, 0.6) is 0 Å². The highest BCUT2D eigenvalue weighted by molar-refractivity contribution is 5.98. The number of hydrogen-bond acceptors (Lipinski definition) is 1. The Labute approximate surface area is 168 Å². The smallest absolute Gasteiger partial charge is 0.125 e. The van der Waals surface area contributed by atoms with Crippen molar-refractivity contribution in [2.24, 2.45) is 0 Å². The summed E-state index contributed by atoms with van der Waals surface area (Å²) in [5.41, 5.74) is 4.95. The van der Waals surface area contributed by atoms with Crippen LogP contribution in [0.4, 0.5) is 8.78 Å². The van der Waals surface area contributed by atoms with Crippen molar-refractivity contribution in [2.75, 3.05) is 0 Å². The van der Waals surface area contributed by atoms with Gasteiger partial charge >= 0.3 is 0 Å². The molecule has 0 aliphatic rings. The van der Waals surface area contributed by atoms with E-state index in [1.54, 1.807) is 18.2 Å². The lowest BCUT2D eigenvalue weighted by atomic mass is 10.0. The number of nitriles is 1. The van der Waals surface area contributed by atoms with Gasteiger partial charge < -0.3 is 4.57 Å². The summed E-state index contributed by atoms with van der Waals surface area (Å²) in [5.74, 6) is -0.622. The molecule has 1 heterocycles. The number of allylic oxidation sites excluding steroid dienone is 1. The van der Waals surface area contributed by atoms with E-state index >= 15 is 0 Å². The predicted molar refractivity (Wildman–Crippen MR) is 112 cm³/mol. The molecule has 0 bridgehead atoms. The molecule has 0 N–H and O–H groups in total. The summed E-state index contributed by atoms with van der Waals surface area (Å²) in [6.07, 6.45) is 3.73. The van der Waals surface area contributed by atoms with Crippen molar-refractivity contribution in [3.63, 3.8) is 0 Å². The topological polar surface area (TPSA) is 28.7 Å². The first-order valence-electron chi connectivity index (χ1n) is 9.25. The second-order valence-electron chi connectivity index (χ2n) is 7.04. The quantitative estimate of drug-likeness (QED) is 0.377. The maximum atomic E-state index is 13.9. The molecule has 0 aliphatic heterocycles. The number of nitrogens with zero attached hydrogens (tertiary/aromatic N) is 2. The zero-order chi connectivity index (χ0) is 20.4. The lowest BCUT2D eigenvalue weighted by Crippen LogP contribution is -1.98. The zero-order valence-electron chi connectivity index (χ0n) is 15.9. The molecule has 0 fully saturated rings. The van der Waals surface area contributed by atoms with Gasteiger partial charge in [0.1, 0.15) is 11.6 Å². The molecule has 142 valence electrons. The van der Waals surface area contributed by atoms with E-state index in [4.69, 9.17) is 0 Å². The Morgan fingerprint density at radius 1 is 0.966 bits per heavy atom. The van der Waals surface area contributed by atoms with E-state index in [1.807, 2.05) is 48.0 Å². The molecule has 0 saturated carbocycles. The van der Waals surface area contributed by atoms with Crippen LogP contribution >= 0.6 is 0 Å². The fourth-order valence-electron chi connectivity index (χ4n) is 3.39. The van der Waals surface area contributed by atoms with Gasteiger partial charge in [0.15, 0.2) is 0 Å². The third-order valence-corrected chi connectivity index (χ3v) is 4.92. The number of aromatic nitrogens is 1. The largest absolute Gasteiger partial charge is 0.342 e. The van der Waals surface area contributed by atoms with Crippen LogP contribution in [0, 0.1) is 29.9 Å². The summed E-state index contributed by atoms with van der Waals surface area (Å²) in [4.78, 5) is 0. The second-order valence-corrected chi connectivity index (χ2v) is 7.04. The SMILES string of the molecule is Cc1ccc(/C(C#N)=C/c2cn(Cc3ccc(F)cc3)c3cc(F)ccc23)cc1. The highest BCUT2D eigenvalue weighted by Gasteiger charge is 2.11. The highest BCUT2D eigenvalue weighted by atomic mass is 19.1. The van der Waals surface area contributed by atoms with Gasteiger partial charge in [0.05, 0.1) is 17.2 Å². The molecule has 0 spiro atoms. The van der Waals surface area contributed by atoms with Crippen LogP contribution in [0.1, 0.15) is 22.3 Å². The molecule has 2 nitrogen and oxygen atoms in total. The number of rotatable bonds is 4. The summed E-state index contributed by atoms with van der Waals surface area (Å²) in [6.45, 7) is 2.47. The predicted octanol–water partition coefficient (Wildman–Crippen LogP) is 6.34. The van der Waals surface area contributed by atoms with Crippen molar-refractivity contribution in [1.82, 2.24) is 4.57 Å². The summed E-state index contributed by atoms with van der Waals surface area (Å²) in [5, 5.41) is 10.5. The van der Waals surface area contributed by atoms with Crippen LogP contribution < -0.4 is 0 Å². The molecular weight excluding hydrogens is 366 g/mol. The third kappa shape index (κ3) is 3.95. The van der Waals surface area contributed by atoms with Crippen molar-refractivity contribution in [3.8, 4) is 6.07 Å². The van der Waals surface area contributed by atoms with E-state index in [0.29, 0.717) is 12.1 Å². The molecular formula is C25H18F2N2. The van der Waals surface area contributed by atoms with Crippen LogP contribution in [0.2, 0.25) is 0 Å². The number of hydrogen-bond donors (Lipinski definition) is 0. The molecule has 1 aromatic heterocycles. The van der Waals surface area contributed by atoms with Gasteiger partial charge in [0.2, 0.25) is 0 Å². The fourth-order valence-corrected chi connectivity index (χ4v) is 3.39. The number of fused-ring (bicyclic) bond motifs is 1. The van der Waals surface area contributed by atoms with E-state index in [1.165, 1.54) is 24.3 Å². The fraction of sp³-hybridized carbons (Fsp3) is 0.0800. The molecule has 0 unspecified atom stereocenters. The van der Waals surface area contributed by atoms with Crippen LogP contribution in [-0.4, -0.2) is 4.57 Å². The van der Waals surface area contributed by atoms with Gasteiger partial charge in [-0.05, 0) is 54.5 Å². The molecule has 29 heavy (non-hydrogen) atoms. The Morgan fingerprint density at radius 2 is 1.66 bits per heavy atom. The van der Waals surface area contributed by atoms with E-state index in [-0.39, 0.29) is 11.6 Å². The molecule has 0 amide bonds. The summed E-state index contributed by atoms with van der Waals surface area (Å²) < 4.78 is 29.0. The lowest BCUT2D eigenvalue weighted by molar-refractivity contribution is 0.626. The highest BCUT2D eigenvalue weighted by Crippen LogP contribution is 2.28. The van der Waals surface area contributed by atoms with Crippen molar-refractivity contribution in [2.45, 2.75) is 13.5 Å². The third-order valence-electron chi connectivity index (χ3n) is 4.92. The number of benzene rings is 3. The van der Waals surface area contributed by atoms with Crippen LogP contribution in [0.15, 0.2) is 72.9 Å². The van der Waals surface area contributed by atoms with Crippen LogP contribution in [0.25, 0.3) is 22.6 Å².